The van der Waals surface area contributed by atoms with Crippen molar-refractivity contribution in [3.8, 4) is 11.5 Å². The molecule has 2 aromatic rings. The van der Waals surface area contributed by atoms with Crippen molar-refractivity contribution in [3.63, 3.8) is 0 Å². The number of nitrogens with zero attached hydrogens (tertiary/aromatic N) is 1. The van der Waals surface area contributed by atoms with E-state index in [2.05, 4.69) is 10.3 Å². The normalized spacial score (nSPS) is 10.6. The van der Waals surface area contributed by atoms with Crippen LogP contribution in [0.25, 0.3) is 6.08 Å². The molecule has 0 spiro atoms. The van der Waals surface area contributed by atoms with E-state index in [0.29, 0.717) is 18.7 Å². The van der Waals surface area contributed by atoms with Gasteiger partial charge in [0, 0.05) is 25.0 Å². The van der Waals surface area contributed by atoms with Gasteiger partial charge < -0.3 is 15.2 Å². The Balaban J connectivity index is 1.83. The molecule has 1 aromatic carbocycles. The van der Waals surface area contributed by atoms with Gasteiger partial charge in [-0.1, -0.05) is 6.07 Å². The molecule has 0 unspecified atom stereocenters. The molecular formula is C17H18N2O3. The summed E-state index contributed by atoms with van der Waals surface area (Å²) in [7, 11) is 1.57. The lowest BCUT2D eigenvalue weighted by atomic mass is 10.1. The average Bonchev–Trinajstić information content (AvgIpc) is 2.55. The third-order valence-corrected chi connectivity index (χ3v) is 3.09. The number of benzene rings is 1. The predicted octanol–water partition coefficient (Wildman–Crippen LogP) is 2.17. The number of amides is 1. The van der Waals surface area contributed by atoms with Gasteiger partial charge in [0.25, 0.3) is 0 Å². The fourth-order valence-electron chi connectivity index (χ4n) is 1.91. The monoisotopic (exact) mass is 298 g/mol. The molecule has 114 valence electrons. The van der Waals surface area contributed by atoms with Crippen molar-refractivity contribution in [3.05, 3.63) is 59.9 Å². The Kier molecular flexibility index (Phi) is 5.54. The lowest BCUT2D eigenvalue weighted by Crippen LogP contribution is -2.23. The second-order valence-electron chi connectivity index (χ2n) is 4.66. The van der Waals surface area contributed by atoms with Gasteiger partial charge in [-0.05, 0) is 47.9 Å². The Bertz CT molecular complexity index is 654. The summed E-state index contributed by atoms with van der Waals surface area (Å²) >= 11 is 0. The zero-order chi connectivity index (χ0) is 15.8. The van der Waals surface area contributed by atoms with E-state index in [9.17, 15) is 9.90 Å². The minimum absolute atomic E-state index is 0.189. The topological polar surface area (TPSA) is 71.5 Å². The maximum atomic E-state index is 11.7. The molecule has 5 heteroatoms. The van der Waals surface area contributed by atoms with Crippen molar-refractivity contribution in [1.29, 1.82) is 0 Å². The van der Waals surface area contributed by atoms with Crippen molar-refractivity contribution >= 4 is 12.0 Å². The average molecular weight is 298 g/mol. The highest BCUT2D eigenvalue weighted by molar-refractivity contribution is 5.91. The van der Waals surface area contributed by atoms with Crippen molar-refractivity contribution < 1.29 is 14.6 Å². The third-order valence-electron chi connectivity index (χ3n) is 3.09. The number of phenols is 1. The van der Waals surface area contributed by atoms with Crippen molar-refractivity contribution in [2.45, 2.75) is 6.42 Å². The van der Waals surface area contributed by atoms with Gasteiger partial charge in [-0.3, -0.25) is 9.78 Å². The first-order valence-electron chi connectivity index (χ1n) is 6.91. The number of aromatic nitrogens is 1. The zero-order valence-corrected chi connectivity index (χ0v) is 12.3. The molecule has 1 aromatic heterocycles. The van der Waals surface area contributed by atoms with Crippen LogP contribution in [-0.2, 0) is 11.2 Å². The fraction of sp³-hybridized carbons (Fsp3) is 0.176. The highest BCUT2D eigenvalue weighted by atomic mass is 16.5. The molecule has 0 aliphatic rings. The molecule has 0 fully saturated rings. The van der Waals surface area contributed by atoms with Crippen LogP contribution < -0.4 is 10.1 Å². The summed E-state index contributed by atoms with van der Waals surface area (Å²) in [5.74, 6) is 0.683. The minimum atomic E-state index is -0.189. The lowest BCUT2D eigenvalue weighted by Gasteiger charge is -2.07. The smallest absolute Gasteiger partial charge is 0.244 e. The molecule has 0 radical (unpaired) electrons. The number of phenolic OH excluding ortho intramolecular Hbond substituents is 1. The van der Waals surface area contributed by atoms with E-state index in [4.69, 9.17) is 4.74 Å². The van der Waals surface area contributed by atoms with Crippen LogP contribution >= 0.6 is 0 Å². The summed E-state index contributed by atoms with van der Waals surface area (Å²) in [6, 6.07) is 8.70. The number of hydrogen-bond acceptors (Lipinski definition) is 4. The van der Waals surface area contributed by atoms with Gasteiger partial charge in [0.2, 0.25) is 5.91 Å². The number of rotatable bonds is 6. The molecule has 22 heavy (non-hydrogen) atoms. The summed E-state index contributed by atoms with van der Waals surface area (Å²) in [5.41, 5.74) is 1.60. The van der Waals surface area contributed by atoms with E-state index in [1.807, 2.05) is 12.1 Å². The Morgan fingerprint density at radius 1 is 1.41 bits per heavy atom. The summed E-state index contributed by atoms with van der Waals surface area (Å²) in [6.45, 7) is 0.428. The number of pyridine rings is 1. The van der Waals surface area contributed by atoms with Gasteiger partial charge in [-0.15, -0.1) is 0 Å². The number of carbonyl (C=O) groups is 1. The molecule has 0 saturated heterocycles. The van der Waals surface area contributed by atoms with E-state index in [-0.39, 0.29) is 11.7 Å². The minimum Gasteiger partial charge on any atom is -0.508 e. The van der Waals surface area contributed by atoms with E-state index in [1.165, 1.54) is 6.08 Å². The van der Waals surface area contributed by atoms with Gasteiger partial charge in [-0.2, -0.15) is 0 Å². The van der Waals surface area contributed by atoms with Gasteiger partial charge >= 0.3 is 0 Å². The third kappa shape index (κ3) is 4.63. The molecule has 0 saturated carbocycles. The van der Waals surface area contributed by atoms with Crippen LogP contribution in [0.5, 0.6) is 11.5 Å². The van der Waals surface area contributed by atoms with Gasteiger partial charge in [0.15, 0.2) is 0 Å². The van der Waals surface area contributed by atoms with Crippen molar-refractivity contribution in [2.24, 2.45) is 0 Å². The molecule has 0 atom stereocenters. The van der Waals surface area contributed by atoms with Crippen LogP contribution in [0.2, 0.25) is 0 Å². The summed E-state index contributed by atoms with van der Waals surface area (Å²) < 4.78 is 5.11. The molecular weight excluding hydrogens is 280 g/mol. The summed E-state index contributed by atoms with van der Waals surface area (Å²) in [6.07, 6.45) is 7.04. The highest BCUT2D eigenvalue weighted by Crippen LogP contribution is 2.22. The zero-order valence-electron chi connectivity index (χ0n) is 12.3. The molecule has 0 aliphatic carbocycles. The molecule has 2 rings (SSSR count). The summed E-state index contributed by atoms with van der Waals surface area (Å²) in [4.78, 5) is 15.7. The quantitative estimate of drug-likeness (QED) is 0.802. The summed E-state index contributed by atoms with van der Waals surface area (Å²) in [5, 5.41) is 12.5. The molecule has 5 nitrogen and oxygen atoms in total. The SMILES string of the molecule is COc1ccc(O)c(CCNC(=O)C=Cc2cccnc2)c1. The number of aromatic hydroxyl groups is 1. The Morgan fingerprint density at radius 2 is 2.27 bits per heavy atom. The predicted molar refractivity (Wildman–Crippen MR) is 84.6 cm³/mol. The van der Waals surface area contributed by atoms with Gasteiger partial charge in [-0.25, -0.2) is 0 Å². The number of hydrogen-bond donors (Lipinski definition) is 2. The van der Waals surface area contributed by atoms with E-state index in [0.717, 1.165) is 11.1 Å². The molecule has 1 amide bonds. The Hall–Kier alpha value is -2.82. The number of nitrogens with one attached hydrogen (secondary N) is 1. The van der Waals surface area contributed by atoms with E-state index < -0.39 is 0 Å². The fourth-order valence-corrected chi connectivity index (χ4v) is 1.91. The first-order chi connectivity index (χ1) is 10.7. The standard InChI is InChI=1S/C17H18N2O3/c1-22-15-5-6-16(20)14(11-15)8-10-19-17(21)7-4-13-3-2-9-18-12-13/h2-7,9,11-12,20H,8,10H2,1H3,(H,19,21). The maximum Gasteiger partial charge on any atom is 0.244 e. The lowest BCUT2D eigenvalue weighted by molar-refractivity contribution is -0.116. The van der Waals surface area contributed by atoms with Crippen molar-refractivity contribution in [1.82, 2.24) is 10.3 Å². The van der Waals surface area contributed by atoms with Crippen LogP contribution in [0.3, 0.4) is 0 Å². The molecule has 1 heterocycles. The first kappa shape index (κ1) is 15.6. The van der Waals surface area contributed by atoms with Crippen LogP contribution in [0, 0.1) is 0 Å². The van der Waals surface area contributed by atoms with Gasteiger partial charge in [0.1, 0.15) is 11.5 Å². The Morgan fingerprint density at radius 3 is 3.00 bits per heavy atom. The van der Waals surface area contributed by atoms with Crippen LogP contribution in [0.15, 0.2) is 48.8 Å². The van der Waals surface area contributed by atoms with Gasteiger partial charge in [0.05, 0.1) is 7.11 Å². The Labute approximate surface area is 129 Å². The maximum absolute atomic E-state index is 11.7. The second kappa shape index (κ2) is 7.83. The van der Waals surface area contributed by atoms with Crippen LogP contribution in [0.4, 0.5) is 0 Å². The van der Waals surface area contributed by atoms with Crippen LogP contribution in [0.1, 0.15) is 11.1 Å². The highest BCUT2D eigenvalue weighted by Gasteiger charge is 2.04. The number of methoxy groups -OCH3 is 1. The molecule has 2 N–H and O–H groups in total. The largest absolute Gasteiger partial charge is 0.508 e. The first-order valence-corrected chi connectivity index (χ1v) is 6.91. The molecule has 0 bridgehead atoms. The second-order valence-corrected chi connectivity index (χ2v) is 4.66. The van der Waals surface area contributed by atoms with E-state index >= 15 is 0 Å². The van der Waals surface area contributed by atoms with Crippen molar-refractivity contribution in [2.75, 3.05) is 13.7 Å². The molecule has 0 aliphatic heterocycles. The van der Waals surface area contributed by atoms with Crippen LogP contribution in [-0.4, -0.2) is 29.7 Å². The number of ether oxygens (including phenoxy) is 1. The van der Waals surface area contributed by atoms with E-state index in [1.54, 1.807) is 43.8 Å². The number of carbonyl (C=O) groups excluding carboxylic acids is 1.